The summed E-state index contributed by atoms with van der Waals surface area (Å²) in [5.41, 5.74) is 5.88. The monoisotopic (exact) mass is 297 g/mol. The first kappa shape index (κ1) is 16.7. The lowest BCUT2D eigenvalue weighted by atomic mass is 9.79. The van der Waals surface area contributed by atoms with Crippen molar-refractivity contribution in [1.82, 2.24) is 10.2 Å². The number of rotatable bonds is 6. The Balaban J connectivity index is 1.88. The molecule has 1 amide bonds. The zero-order valence-electron chi connectivity index (χ0n) is 13.4. The molecule has 2 fully saturated rings. The second kappa shape index (κ2) is 8.11. The highest BCUT2D eigenvalue weighted by atomic mass is 16.5. The minimum atomic E-state index is 0.0960. The number of nitrogens with zero attached hydrogens (tertiary/aromatic N) is 1. The molecule has 0 spiro atoms. The van der Waals surface area contributed by atoms with E-state index in [1.807, 2.05) is 6.92 Å². The van der Waals surface area contributed by atoms with Crippen LogP contribution in [0.25, 0.3) is 0 Å². The van der Waals surface area contributed by atoms with Crippen molar-refractivity contribution in [3.05, 3.63) is 0 Å². The quantitative estimate of drug-likeness (QED) is 0.774. The predicted molar refractivity (Wildman–Crippen MR) is 84.1 cm³/mol. The standard InChI is InChI=1S/C16H31N3O2/c1-14(17)5-6-15(20)18-13-16(7-3-2-4-8-16)19-9-11-21-12-10-19/h14H,2-13,17H2,1H3,(H,18,20). The van der Waals surface area contributed by atoms with Crippen LogP contribution in [0, 0.1) is 0 Å². The number of nitrogens with two attached hydrogens (primary N) is 1. The summed E-state index contributed by atoms with van der Waals surface area (Å²) in [5.74, 6) is 0.144. The Morgan fingerprint density at radius 1 is 1.29 bits per heavy atom. The van der Waals surface area contributed by atoms with Crippen molar-refractivity contribution in [1.29, 1.82) is 0 Å². The summed E-state index contributed by atoms with van der Waals surface area (Å²) < 4.78 is 5.48. The molecule has 1 unspecified atom stereocenters. The molecule has 2 aliphatic rings. The summed E-state index contributed by atoms with van der Waals surface area (Å²) in [5, 5.41) is 3.17. The Hall–Kier alpha value is -0.650. The first-order valence-corrected chi connectivity index (χ1v) is 8.47. The Kier molecular flexibility index (Phi) is 6.45. The number of hydrogen-bond donors (Lipinski definition) is 2. The molecule has 1 aliphatic carbocycles. The van der Waals surface area contributed by atoms with E-state index >= 15 is 0 Å². The van der Waals surface area contributed by atoms with E-state index in [4.69, 9.17) is 10.5 Å². The second-order valence-electron chi connectivity index (χ2n) is 6.68. The highest BCUT2D eigenvalue weighted by molar-refractivity contribution is 5.76. The number of carbonyl (C=O) groups is 1. The van der Waals surface area contributed by atoms with Gasteiger partial charge in [-0.15, -0.1) is 0 Å². The molecule has 3 N–H and O–H groups in total. The molecule has 0 bridgehead atoms. The summed E-state index contributed by atoms with van der Waals surface area (Å²) in [6.45, 7) is 6.36. The third kappa shape index (κ3) is 4.94. The van der Waals surface area contributed by atoms with Gasteiger partial charge in [0, 0.05) is 37.6 Å². The zero-order chi connectivity index (χ0) is 15.1. The smallest absolute Gasteiger partial charge is 0.220 e. The average Bonchev–Trinajstić information content (AvgIpc) is 2.52. The van der Waals surface area contributed by atoms with E-state index in [-0.39, 0.29) is 17.5 Å². The van der Waals surface area contributed by atoms with Gasteiger partial charge in [0.2, 0.25) is 5.91 Å². The van der Waals surface area contributed by atoms with E-state index in [1.54, 1.807) is 0 Å². The van der Waals surface area contributed by atoms with Gasteiger partial charge in [-0.05, 0) is 26.2 Å². The highest BCUT2D eigenvalue weighted by Gasteiger charge is 2.38. The first-order chi connectivity index (χ1) is 10.1. The number of amides is 1. The molecule has 1 saturated carbocycles. The van der Waals surface area contributed by atoms with Crippen molar-refractivity contribution in [2.24, 2.45) is 5.73 Å². The lowest BCUT2D eigenvalue weighted by Gasteiger charge is -2.48. The number of hydrogen-bond acceptors (Lipinski definition) is 4. The maximum Gasteiger partial charge on any atom is 0.220 e. The van der Waals surface area contributed by atoms with Crippen LogP contribution in [0.5, 0.6) is 0 Å². The largest absolute Gasteiger partial charge is 0.379 e. The topological polar surface area (TPSA) is 67.6 Å². The van der Waals surface area contributed by atoms with Crippen molar-refractivity contribution in [3.63, 3.8) is 0 Å². The lowest BCUT2D eigenvalue weighted by Crippen LogP contribution is -2.59. The summed E-state index contributed by atoms with van der Waals surface area (Å²) in [7, 11) is 0. The van der Waals surface area contributed by atoms with Crippen molar-refractivity contribution >= 4 is 5.91 Å². The van der Waals surface area contributed by atoms with Crippen molar-refractivity contribution in [2.75, 3.05) is 32.8 Å². The van der Waals surface area contributed by atoms with Crippen LogP contribution in [0.4, 0.5) is 0 Å². The maximum absolute atomic E-state index is 12.0. The summed E-state index contributed by atoms with van der Waals surface area (Å²) in [6, 6.07) is 0.0960. The molecule has 21 heavy (non-hydrogen) atoms. The molecule has 2 rings (SSSR count). The van der Waals surface area contributed by atoms with E-state index < -0.39 is 0 Å². The highest BCUT2D eigenvalue weighted by Crippen LogP contribution is 2.33. The maximum atomic E-state index is 12.0. The van der Waals surface area contributed by atoms with Crippen LogP contribution in [-0.2, 0) is 9.53 Å². The fraction of sp³-hybridized carbons (Fsp3) is 0.938. The number of ether oxygens (including phenoxy) is 1. The van der Waals surface area contributed by atoms with E-state index in [9.17, 15) is 4.79 Å². The molecule has 1 heterocycles. The number of nitrogens with one attached hydrogen (secondary N) is 1. The van der Waals surface area contributed by atoms with Crippen molar-refractivity contribution < 1.29 is 9.53 Å². The third-order valence-electron chi connectivity index (χ3n) is 4.91. The van der Waals surface area contributed by atoms with Gasteiger partial charge in [-0.3, -0.25) is 9.69 Å². The van der Waals surface area contributed by atoms with Crippen molar-refractivity contribution in [3.8, 4) is 0 Å². The lowest BCUT2D eigenvalue weighted by molar-refractivity contribution is -0.122. The molecule has 5 heteroatoms. The van der Waals surface area contributed by atoms with Crippen LogP contribution >= 0.6 is 0 Å². The molecular weight excluding hydrogens is 266 g/mol. The molecule has 122 valence electrons. The van der Waals surface area contributed by atoms with Gasteiger partial charge in [0.25, 0.3) is 0 Å². The molecule has 1 aliphatic heterocycles. The number of morpholine rings is 1. The van der Waals surface area contributed by atoms with Gasteiger partial charge in [0.15, 0.2) is 0 Å². The average molecular weight is 297 g/mol. The molecule has 0 radical (unpaired) electrons. The minimum Gasteiger partial charge on any atom is -0.379 e. The third-order valence-corrected chi connectivity index (χ3v) is 4.91. The van der Waals surface area contributed by atoms with Crippen LogP contribution in [-0.4, -0.2) is 55.2 Å². The molecule has 1 atom stereocenters. The van der Waals surface area contributed by atoms with Crippen LogP contribution < -0.4 is 11.1 Å². The molecule has 5 nitrogen and oxygen atoms in total. The normalized spacial score (nSPS) is 24.5. The number of carbonyl (C=O) groups excluding carboxylic acids is 1. The Labute approximate surface area is 128 Å². The Morgan fingerprint density at radius 3 is 2.57 bits per heavy atom. The van der Waals surface area contributed by atoms with Gasteiger partial charge < -0.3 is 15.8 Å². The fourth-order valence-corrected chi connectivity index (χ4v) is 3.56. The van der Waals surface area contributed by atoms with Crippen LogP contribution in [0.3, 0.4) is 0 Å². The first-order valence-electron chi connectivity index (χ1n) is 8.47. The van der Waals surface area contributed by atoms with E-state index in [2.05, 4.69) is 10.2 Å². The van der Waals surface area contributed by atoms with Gasteiger partial charge >= 0.3 is 0 Å². The van der Waals surface area contributed by atoms with E-state index in [0.717, 1.165) is 39.3 Å². The molecule has 1 saturated heterocycles. The summed E-state index contributed by atoms with van der Waals surface area (Å²) >= 11 is 0. The molecule has 0 aromatic carbocycles. The molecule has 0 aromatic heterocycles. The molecule has 0 aromatic rings. The van der Waals surface area contributed by atoms with Gasteiger partial charge in [-0.25, -0.2) is 0 Å². The van der Waals surface area contributed by atoms with Crippen molar-refractivity contribution in [2.45, 2.75) is 63.5 Å². The van der Waals surface area contributed by atoms with Gasteiger partial charge in [0.1, 0.15) is 0 Å². The van der Waals surface area contributed by atoms with Crippen LogP contribution in [0.1, 0.15) is 51.9 Å². The van der Waals surface area contributed by atoms with E-state index in [0.29, 0.717) is 6.42 Å². The summed E-state index contributed by atoms with van der Waals surface area (Å²) in [4.78, 5) is 14.6. The van der Waals surface area contributed by atoms with Crippen LogP contribution in [0.2, 0.25) is 0 Å². The fourth-order valence-electron chi connectivity index (χ4n) is 3.56. The zero-order valence-corrected chi connectivity index (χ0v) is 13.4. The van der Waals surface area contributed by atoms with Crippen LogP contribution in [0.15, 0.2) is 0 Å². The second-order valence-corrected chi connectivity index (χ2v) is 6.68. The van der Waals surface area contributed by atoms with E-state index in [1.165, 1.54) is 32.1 Å². The van der Waals surface area contributed by atoms with Gasteiger partial charge in [-0.1, -0.05) is 19.3 Å². The molecular formula is C16H31N3O2. The summed E-state index contributed by atoms with van der Waals surface area (Å²) in [6.07, 6.45) is 7.55. The SMILES string of the molecule is CC(N)CCC(=O)NCC1(N2CCOCC2)CCCCC1. The Bertz CT molecular complexity index is 321. The Morgan fingerprint density at radius 2 is 1.95 bits per heavy atom. The minimum absolute atomic E-state index is 0.0960. The van der Waals surface area contributed by atoms with Gasteiger partial charge in [0.05, 0.1) is 13.2 Å². The van der Waals surface area contributed by atoms with Gasteiger partial charge in [-0.2, -0.15) is 0 Å². The predicted octanol–water partition coefficient (Wildman–Crippen LogP) is 1.27.